The van der Waals surface area contributed by atoms with Crippen LogP contribution in [-0.2, 0) is 0 Å². The SMILES string of the molecule is c1ccc(-c2ccc(-c3c4ccccc4c(-c4c5cc(-c6ccccc6)oc5cc5oc6ccccc6c45)c4ccccc34)cc2)cc1. The maximum atomic E-state index is 6.63. The first kappa shape index (κ1) is 26.8. The molecule has 0 atom stereocenters. The summed E-state index contributed by atoms with van der Waals surface area (Å²) in [5.41, 5.74) is 10.7. The van der Waals surface area contributed by atoms with Crippen LogP contribution >= 0.6 is 0 Å². The number of rotatable bonds is 4. The van der Waals surface area contributed by atoms with Crippen LogP contribution in [-0.4, -0.2) is 0 Å². The first-order valence-electron chi connectivity index (χ1n) is 16.3. The maximum absolute atomic E-state index is 6.63. The van der Waals surface area contributed by atoms with Gasteiger partial charge in [-0.05, 0) is 61.5 Å². The molecular formula is C46H28O2. The Labute approximate surface area is 277 Å². The third kappa shape index (κ3) is 4.06. The van der Waals surface area contributed by atoms with E-state index >= 15 is 0 Å². The third-order valence-corrected chi connectivity index (χ3v) is 9.69. The van der Waals surface area contributed by atoms with Gasteiger partial charge in [-0.1, -0.05) is 152 Å². The summed E-state index contributed by atoms with van der Waals surface area (Å²) in [5.74, 6) is 0.840. The lowest BCUT2D eigenvalue weighted by Gasteiger charge is -2.19. The maximum Gasteiger partial charge on any atom is 0.139 e. The molecule has 0 fully saturated rings. The van der Waals surface area contributed by atoms with E-state index in [4.69, 9.17) is 8.83 Å². The molecule has 0 saturated carbocycles. The van der Waals surface area contributed by atoms with Crippen molar-refractivity contribution in [1.82, 2.24) is 0 Å². The van der Waals surface area contributed by atoms with Crippen LogP contribution in [0.1, 0.15) is 0 Å². The minimum absolute atomic E-state index is 0.809. The molecule has 224 valence electrons. The van der Waals surface area contributed by atoms with Crippen molar-refractivity contribution in [2.75, 3.05) is 0 Å². The Morgan fingerprint density at radius 1 is 0.271 bits per heavy atom. The van der Waals surface area contributed by atoms with Gasteiger partial charge in [0.2, 0.25) is 0 Å². The minimum atomic E-state index is 0.809. The van der Waals surface area contributed by atoms with Crippen LogP contribution in [0.4, 0.5) is 0 Å². The minimum Gasteiger partial charge on any atom is -0.456 e. The topological polar surface area (TPSA) is 26.3 Å². The lowest BCUT2D eigenvalue weighted by atomic mass is 9.83. The smallest absolute Gasteiger partial charge is 0.139 e. The van der Waals surface area contributed by atoms with Crippen molar-refractivity contribution in [2.24, 2.45) is 0 Å². The standard InChI is InChI=1S/C46H28O2/c1-3-13-29(14-4-1)30-23-25-32(26-24-30)43-33-17-7-9-19-35(33)44(36-20-10-8-18-34(36)43)46-38-27-40(31-15-5-2-6-16-31)48-41(38)28-42-45(46)37-21-11-12-22-39(37)47-42/h1-28H. The van der Waals surface area contributed by atoms with Gasteiger partial charge in [0.15, 0.2) is 0 Å². The Hall–Kier alpha value is -6.38. The Bertz CT molecular complexity index is 2750. The molecule has 0 radical (unpaired) electrons. The Morgan fingerprint density at radius 3 is 1.42 bits per heavy atom. The number of fused-ring (bicyclic) bond motifs is 6. The van der Waals surface area contributed by atoms with Crippen molar-refractivity contribution >= 4 is 54.5 Å². The molecule has 2 heterocycles. The zero-order valence-corrected chi connectivity index (χ0v) is 26.0. The fourth-order valence-electron chi connectivity index (χ4n) is 7.56. The van der Waals surface area contributed by atoms with E-state index in [1.807, 2.05) is 12.1 Å². The molecule has 2 nitrogen and oxygen atoms in total. The molecule has 0 aliphatic rings. The van der Waals surface area contributed by atoms with Crippen LogP contribution in [0.15, 0.2) is 179 Å². The van der Waals surface area contributed by atoms with Gasteiger partial charge in [0, 0.05) is 33.4 Å². The summed E-state index contributed by atoms with van der Waals surface area (Å²) >= 11 is 0. The molecule has 10 rings (SSSR count). The van der Waals surface area contributed by atoms with E-state index in [2.05, 4.69) is 158 Å². The number of hydrogen-bond donors (Lipinski definition) is 0. The van der Waals surface area contributed by atoms with Gasteiger partial charge in [-0.15, -0.1) is 0 Å². The highest BCUT2D eigenvalue weighted by Gasteiger charge is 2.24. The van der Waals surface area contributed by atoms with Gasteiger partial charge >= 0.3 is 0 Å². The number of furan rings is 2. The van der Waals surface area contributed by atoms with Crippen LogP contribution in [0.25, 0.3) is 99.2 Å². The third-order valence-electron chi connectivity index (χ3n) is 9.69. The molecule has 0 spiro atoms. The lowest BCUT2D eigenvalue weighted by molar-refractivity contribution is 0.628. The second-order valence-corrected chi connectivity index (χ2v) is 12.4. The summed E-state index contributed by atoms with van der Waals surface area (Å²) in [7, 11) is 0. The van der Waals surface area contributed by atoms with Gasteiger partial charge in [-0.3, -0.25) is 0 Å². The van der Waals surface area contributed by atoms with Crippen molar-refractivity contribution in [1.29, 1.82) is 0 Å². The Kier molecular flexibility index (Phi) is 5.91. The molecule has 8 aromatic carbocycles. The molecule has 0 amide bonds. The van der Waals surface area contributed by atoms with E-state index in [9.17, 15) is 0 Å². The van der Waals surface area contributed by atoms with Crippen molar-refractivity contribution < 1.29 is 8.83 Å². The number of benzene rings is 8. The van der Waals surface area contributed by atoms with Gasteiger partial charge in [-0.25, -0.2) is 0 Å². The van der Waals surface area contributed by atoms with Gasteiger partial charge in [0.25, 0.3) is 0 Å². The highest BCUT2D eigenvalue weighted by molar-refractivity contribution is 6.29. The van der Waals surface area contributed by atoms with Crippen molar-refractivity contribution in [3.8, 4) is 44.7 Å². The summed E-state index contributed by atoms with van der Waals surface area (Å²) < 4.78 is 13.2. The second kappa shape index (κ2) is 10.6. The molecule has 2 aromatic heterocycles. The summed E-state index contributed by atoms with van der Waals surface area (Å²) in [5, 5.41) is 8.09. The van der Waals surface area contributed by atoms with Crippen LogP contribution < -0.4 is 0 Å². The Balaban J connectivity index is 1.33. The van der Waals surface area contributed by atoms with E-state index in [-0.39, 0.29) is 0 Å². The largest absolute Gasteiger partial charge is 0.456 e. The first-order chi connectivity index (χ1) is 23.8. The highest BCUT2D eigenvalue weighted by atomic mass is 16.3. The van der Waals surface area contributed by atoms with E-state index in [1.165, 1.54) is 49.4 Å². The second-order valence-electron chi connectivity index (χ2n) is 12.4. The summed E-state index contributed by atoms with van der Waals surface area (Å²) in [6.45, 7) is 0. The fourth-order valence-corrected chi connectivity index (χ4v) is 7.56. The van der Waals surface area contributed by atoms with Crippen LogP contribution in [0, 0.1) is 0 Å². The molecule has 0 aliphatic heterocycles. The molecule has 2 heteroatoms. The van der Waals surface area contributed by atoms with E-state index < -0.39 is 0 Å². The normalized spacial score (nSPS) is 11.8. The summed E-state index contributed by atoms with van der Waals surface area (Å²) in [6.07, 6.45) is 0. The fraction of sp³-hybridized carbons (Fsp3) is 0. The van der Waals surface area contributed by atoms with E-state index in [0.717, 1.165) is 49.8 Å². The number of para-hydroxylation sites is 1. The average Bonchev–Trinajstić information content (AvgIpc) is 3.75. The molecule has 10 aromatic rings. The van der Waals surface area contributed by atoms with Crippen LogP contribution in [0.2, 0.25) is 0 Å². The van der Waals surface area contributed by atoms with Gasteiger partial charge in [-0.2, -0.15) is 0 Å². The summed E-state index contributed by atoms with van der Waals surface area (Å²) in [6, 6.07) is 60.2. The summed E-state index contributed by atoms with van der Waals surface area (Å²) in [4.78, 5) is 0. The average molecular weight is 613 g/mol. The zero-order chi connectivity index (χ0) is 31.6. The van der Waals surface area contributed by atoms with Crippen molar-refractivity contribution in [3.05, 3.63) is 170 Å². The van der Waals surface area contributed by atoms with Gasteiger partial charge in [0.1, 0.15) is 22.5 Å². The quantitative estimate of drug-likeness (QED) is 0.185. The Morgan fingerprint density at radius 2 is 0.771 bits per heavy atom. The van der Waals surface area contributed by atoms with Crippen molar-refractivity contribution in [2.45, 2.75) is 0 Å². The monoisotopic (exact) mass is 612 g/mol. The first-order valence-corrected chi connectivity index (χ1v) is 16.3. The number of hydrogen-bond acceptors (Lipinski definition) is 2. The predicted molar refractivity (Wildman–Crippen MR) is 200 cm³/mol. The lowest BCUT2D eigenvalue weighted by Crippen LogP contribution is -1.92. The molecule has 0 N–H and O–H groups in total. The van der Waals surface area contributed by atoms with Crippen LogP contribution in [0.3, 0.4) is 0 Å². The van der Waals surface area contributed by atoms with Gasteiger partial charge in [0.05, 0.1) is 0 Å². The van der Waals surface area contributed by atoms with Crippen LogP contribution in [0.5, 0.6) is 0 Å². The molecule has 0 aliphatic carbocycles. The molecule has 0 bridgehead atoms. The van der Waals surface area contributed by atoms with Crippen molar-refractivity contribution in [3.63, 3.8) is 0 Å². The van der Waals surface area contributed by atoms with Gasteiger partial charge < -0.3 is 8.83 Å². The highest BCUT2D eigenvalue weighted by Crippen LogP contribution is 2.50. The molecule has 0 saturated heterocycles. The van der Waals surface area contributed by atoms with E-state index in [0.29, 0.717) is 0 Å². The molecular weight excluding hydrogens is 585 g/mol. The molecule has 48 heavy (non-hydrogen) atoms. The zero-order valence-electron chi connectivity index (χ0n) is 26.0. The predicted octanol–water partition coefficient (Wildman–Crippen LogP) is 13.3. The van der Waals surface area contributed by atoms with E-state index in [1.54, 1.807) is 0 Å². The molecule has 0 unspecified atom stereocenters.